The maximum Gasteiger partial charge on any atom is 0.289 e. The minimum atomic E-state index is 0.0342. The molecular formula is C12H16N2O2. The molecule has 1 aromatic heterocycles. The van der Waals surface area contributed by atoms with Gasteiger partial charge in [-0.25, -0.2) is 0 Å². The molecule has 2 fully saturated rings. The van der Waals surface area contributed by atoms with Gasteiger partial charge < -0.3 is 14.6 Å². The van der Waals surface area contributed by atoms with Crippen molar-refractivity contribution < 1.29 is 9.21 Å². The number of nitrogens with one attached hydrogen (secondary N) is 1. The molecule has 4 heteroatoms. The summed E-state index contributed by atoms with van der Waals surface area (Å²) in [6.07, 6.45) is 1.55. The van der Waals surface area contributed by atoms with Crippen molar-refractivity contribution in [3.05, 3.63) is 24.2 Å². The summed E-state index contributed by atoms with van der Waals surface area (Å²) in [5, 5.41) is 3.39. The molecule has 3 atom stereocenters. The summed E-state index contributed by atoms with van der Waals surface area (Å²) in [4.78, 5) is 14.1. The first-order valence-electron chi connectivity index (χ1n) is 5.82. The summed E-state index contributed by atoms with van der Waals surface area (Å²) in [7, 11) is 0. The van der Waals surface area contributed by atoms with Gasteiger partial charge in [0, 0.05) is 25.7 Å². The van der Waals surface area contributed by atoms with Crippen LogP contribution in [0.5, 0.6) is 0 Å². The van der Waals surface area contributed by atoms with Gasteiger partial charge in [0.15, 0.2) is 5.76 Å². The molecule has 0 bridgehead atoms. The van der Waals surface area contributed by atoms with Crippen LogP contribution in [0.15, 0.2) is 22.8 Å². The fourth-order valence-electron chi connectivity index (χ4n) is 2.98. The number of carbonyl (C=O) groups excluding carboxylic acids is 1. The van der Waals surface area contributed by atoms with Crippen LogP contribution >= 0.6 is 0 Å². The summed E-state index contributed by atoms with van der Waals surface area (Å²) >= 11 is 0. The number of hydrogen-bond acceptors (Lipinski definition) is 3. The Balaban J connectivity index is 1.79. The molecule has 2 aliphatic heterocycles. The molecule has 16 heavy (non-hydrogen) atoms. The van der Waals surface area contributed by atoms with Gasteiger partial charge in [-0.2, -0.15) is 0 Å². The molecule has 1 aromatic rings. The Morgan fingerprint density at radius 3 is 3.12 bits per heavy atom. The van der Waals surface area contributed by atoms with E-state index in [2.05, 4.69) is 12.2 Å². The van der Waals surface area contributed by atoms with Gasteiger partial charge in [0.25, 0.3) is 5.91 Å². The Labute approximate surface area is 94.6 Å². The van der Waals surface area contributed by atoms with Crippen LogP contribution < -0.4 is 5.32 Å². The highest BCUT2D eigenvalue weighted by atomic mass is 16.3. The Kier molecular flexibility index (Phi) is 2.24. The van der Waals surface area contributed by atoms with E-state index in [0.717, 1.165) is 19.6 Å². The molecule has 3 unspecified atom stereocenters. The zero-order valence-electron chi connectivity index (χ0n) is 9.35. The lowest BCUT2D eigenvalue weighted by atomic mass is 9.95. The van der Waals surface area contributed by atoms with E-state index in [1.807, 2.05) is 4.90 Å². The molecule has 3 rings (SSSR count). The standard InChI is InChI=1S/C12H16N2O2/c1-8-10-6-13-5-9(10)7-14(8)12(15)11-3-2-4-16-11/h2-4,8-10,13H,5-7H2,1H3. The van der Waals surface area contributed by atoms with Crippen molar-refractivity contribution in [3.63, 3.8) is 0 Å². The predicted octanol–water partition coefficient (Wildman–Crippen LogP) is 0.959. The van der Waals surface area contributed by atoms with Gasteiger partial charge in [-0.15, -0.1) is 0 Å². The van der Waals surface area contributed by atoms with Gasteiger partial charge in [-0.3, -0.25) is 4.79 Å². The average molecular weight is 220 g/mol. The van der Waals surface area contributed by atoms with Crippen molar-refractivity contribution in [2.75, 3.05) is 19.6 Å². The molecular weight excluding hydrogens is 204 g/mol. The second-order valence-electron chi connectivity index (χ2n) is 4.76. The minimum absolute atomic E-state index is 0.0342. The molecule has 4 nitrogen and oxygen atoms in total. The van der Waals surface area contributed by atoms with E-state index in [0.29, 0.717) is 23.6 Å². The molecule has 86 valence electrons. The molecule has 0 saturated carbocycles. The van der Waals surface area contributed by atoms with Crippen molar-refractivity contribution in [1.29, 1.82) is 0 Å². The van der Waals surface area contributed by atoms with Crippen LogP contribution in [-0.4, -0.2) is 36.5 Å². The highest BCUT2D eigenvalue weighted by molar-refractivity contribution is 5.91. The lowest BCUT2D eigenvalue weighted by Gasteiger charge is -2.23. The summed E-state index contributed by atoms with van der Waals surface area (Å²) in [5.74, 6) is 1.72. The second kappa shape index (κ2) is 3.63. The highest BCUT2D eigenvalue weighted by Crippen LogP contribution is 2.33. The Morgan fingerprint density at radius 1 is 1.56 bits per heavy atom. The Bertz CT molecular complexity index is 388. The van der Waals surface area contributed by atoms with Crippen LogP contribution in [0.1, 0.15) is 17.5 Å². The molecule has 2 saturated heterocycles. The number of fused-ring (bicyclic) bond motifs is 1. The van der Waals surface area contributed by atoms with E-state index in [-0.39, 0.29) is 5.91 Å². The molecule has 1 amide bonds. The third kappa shape index (κ3) is 1.37. The molecule has 3 heterocycles. The van der Waals surface area contributed by atoms with Crippen molar-refractivity contribution in [1.82, 2.24) is 10.2 Å². The van der Waals surface area contributed by atoms with Gasteiger partial charge in [0.05, 0.1) is 6.26 Å². The maximum absolute atomic E-state index is 12.2. The van der Waals surface area contributed by atoms with Crippen LogP contribution in [0, 0.1) is 11.8 Å². The van der Waals surface area contributed by atoms with E-state index in [1.54, 1.807) is 18.4 Å². The largest absolute Gasteiger partial charge is 0.459 e. The minimum Gasteiger partial charge on any atom is -0.459 e. The van der Waals surface area contributed by atoms with Crippen LogP contribution in [0.3, 0.4) is 0 Å². The first-order chi connectivity index (χ1) is 7.77. The number of hydrogen-bond donors (Lipinski definition) is 1. The fraction of sp³-hybridized carbons (Fsp3) is 0.583. The highest BCUT2D eigenvalue weighted by Gasteiger charge is 2.44. The van der Waals surface area contributed by atoms with Crippen molar-refractivity contribution in [2.45, 2.75) is 13.0 Å². The summed E-state index contributed by atoms with van der Waals surface area (Å²) in [6.45, 7) is 5.07. The van der Waals surface area contributed by atoms with Gasteiger partial charge in [-0.05, 0) is 30.9 Å². The molecule has 0 aromatic carbocycles. The normalized spacial score (nSPS) is 33.1. The van der Waals surface area contributed by atoms with Crippen molar-refractivity contribution in [3.8, 4) is 0 Å². The monoisotopic (exact) mass is 220 g/mol. The zero-order chi connectivity index (χ0) is 11.1. The van der Waals surface area contributed by atoms with Gasteiger partial charge in [0.2, 0.25) is 0 Å². The summed E-state index contributed by atoms with van der Waals surface area (Å²) in [5.41, 5.74) is 0. The number of rotatable bonds is 1. The smallest absolute Gasteiger partial charge is 0.289 e. The molecule has 2 aliphatic rings. The van der Waals surface area contributed by atoms with Crippen LogP contribution in [0.25, 0.3) is 0 Å². The number of nitrogens with zero attached hydrogens (tertiary/aromatic N) is 1. The van der Waals surface area contributed by atoms with E-state index in [1.165, 1.54) is 0 Å². The predicted molar refractivity (Wildman–Crippen MR) is 59.1 cm³/mol. The van der Waals surface area contributed by atoms with Gasteiger partial charge in [0.1, 0.15) is 0 Å². The molecule has 0 radical (unpaired) electrons. The number of likely N-dealkylation sites (tertiary alicyclic amines) is 1. The quantitative estimate of drug-likeness (QED) is 0.766. The lowest BCUT2D eigenvalue weighted by Crippen LogP contribution is -2.37. The summed E-state index contributed by atoms with van der Waals surface area (Å²) in [6, 6.07) is 3.81. The van der Waals surface area contributed by atoms with Gasteiger partial charge >= 0.3 is 0 Å². The summed E-state index contributed by atoms with van der Waals surface area (Å²) < 4.78 is 5.17. The Morgan fingerprint density at radius 2 is 2.44 bits per heavy atom. The molecule has 0 spiro atoms. The SMILES string of the molecule is CC1C2CNCC2CN1C(=O)c1ccco1. The topological polar surface area (TPSA) is 45.5 Å². The lowest BCUT2D eigenvalue weighted by molar-refractivity contribution is 0.0696. The van der Waals surface area contributed by atoms with E-state index < -0.39 is 0 Å². The molecule has 1 N–H and O–H groups in total. The number of amides is 1. The Hall–Kier alpha value is -1.29. The third-order valence-electron chi connectivity index (χ3n) is 3.93. The first kappa shape index (κ1) is 9.90. The second-order valence-corrected chi connectivity index (χ2v) is 4.76. The van der Waals surface area contributed by atoms with Crippen LogP contribution in [0.4, 0.5) is 0 Å². The van der Waals surface area contributed by atoms with Crippen molar-refractivity contribution in [2.24, 2.45) is 11.8 Å². The third-order valence-corrected chi connectivity index (χ3v) is 3.93. The van der Waals surface area contributed by atoms with E-state index in [4.69, 9.17) is 4.42 Å². The van der Waals surface area contributed by atoms with Crippen LogP contribution in [-0.2, 0) is 0 Å². The number of furan rings is 1. The fourth-order valence-corrected chi connectivity index (χ4v) is 2.98. The van der Waals surface area contributed by atoms with Gasteiger partial charge in [-0.1, -0.05) is 0 Å². The average Bonchev–Trinajstić information content (AvgIpc) is 2.95. The van der Waals surface area contributed by atoms with E-state index >= 15 is 0 Å². The first-order valence-corrected chi connectivity index (χ1v) is 5.82. The molecule has 0 aliphatic carbocycles. The maximum atomic E-state index is 12.2. The van der Waals surface area contributed by atoms with E-state index in [9.17, 15) is 4.79 Å². The van der Waals surface area contributed by atoms with Crippen LogP contribution in [0.2, 0.25) is 0 Å². The number of carbonyl (C=O) groups is 1. The zero-order valence-corrected chi connectivity index (χ0v) is 9.35. The van der Waals surface area contributed by atoms with Crippen molar-refractivity contribution >= 4 is 5.91 Å².